The van der Waals surface area contributed by atoms with Gasteiger partial charge in [0.15, 0.2) is 0 Å². The topological polar surface area (TPSA) is 79.1 Å². The Morgan fingerprint density at radius 1 is 1.16 bits per heavy atom. The van der Waals surface area contributed by atoms with Crippen LogP contribution >= 0.6 is 0 Å². The highest BCUT2D eigenvalue weighted by Crippen LogP contribution is 2.57. The molecule has 5 heteroatoms. The summed E-state index contributed by atoms with van der Waals surface area (Å²) in [7, 11) is 0. The Morgan fingerprint density at radius 3 is 2.65 bits per heavy atom. The average molecular weight is 422 g/mol. The van der Waals surface area contributed by atoms with Crippen LogP contribution in [0.2, 0.25) is 0 Å². The van der Waals surface area contributed by atoms with Crippen molar-refractivity contribution in [2.45, 2.75) is 57.8 Å². The largest absolute Gasteiger partial charge is 0.494 e. The molecule has 0 aliphatic heterocycles. The van der Waals surface area contributed by atoms with Gasteiger partial charge in [0.25, 0.3) is 0 Å². The van der Waals surface area contributed by atoms with Crippen LogP contribution in [0.15, 0.2) is 53.7 Å². The van der Waals surface area contributed by atoms with Gasteiger partial charge in [0.05, 0.1) is 17.7 Å². The molecule has 3 atom stereocenters. The van der Waals surface area contributed by atoms with Gasteiger partial charge < -0.3 is 15.1 Å². The molecule has 0 aromatic heterocycles. The summed E-state index contributed by atoms with van der Waals surface area (Å²) in [5.41, 5.74) is 2.69. The van der Waals surface area contributed by atoms with E-state index in [1.807, 2.05) is 43.3 Å². The molecule has 2 N–H and O–H groups in total. The number of benzene rings is 2. The van der Waals surface area contributed by atoms with Crippen LogP contribution in [0.25, 0.3) is 0 Å². The fraction of sp³-hybridized carbons (Fsp3) is 0.462. The Kier molecular flexibility index (Phi) is 5.78. The highest BCUT2D eigenvalue weighted by Gasteiger charge is 2.56. The smallest absolute Gasteiger partial charge is 0.309 e. The normalized spacial score (nSPS) is 28.6. The molecule has 0 amide bonds. The van der Waals surface area contributed by atoms with E-state index in [9.17, 15) is 15.1 Å². The van der Waals surface area contributed by atoms with Crippen molar-refractivity contribution in [1.29, 1.82) is 0 Å². The molecule has 2 aromatic carbocycles. The van der Waals surface area contributed by atoms with Crippen molar-refractivity contribution in [3.8, 4) is 5.75 Å². The third-order valence-electron chi connectivity index (χ3n) is 7.58. The van der Waals surface area contributed by atoms with Crippen LogP contribution in [0.1, 0.15) is 62.6 Å². The highest BCUT2D eigenvalue weighted by molar-refractivity contribution is 6.04. The van der Waals surface area contributed by atoms with Crippen molar-refractivity contribution in [2.75, 3.05) is 6.61 Å². The van der Waals surface area contributed by atoms with Gasteiger partial charge >= 0.3 is 5.97 Å². The minimum atomic E-state index is -0.840. The molecule has 0 heterocycles. The number of aliphatic carboxylic acids is 1. The van der Waals surface area contributed by atoms with E-state index in [0.717, 1.165) is 42.6 Å². The van der Waals surface area contributed by atoms with Gasteiger partial charge in [-0.05, 0) is 79.7 Å². The van der Waals surface area contributed by atoms with Gasteiger partial charge in [0.2, 0.25) is 0 Å². The number of hydrogen-bond donors (Lipinski definition) is 2. The Balaban J connectivity index is 1.58. The second-order valence-corrected chi connectivity index (χ2v) is 9.44. The van der Waals surface area contributed by atoms with Crippen LogP contribution in [0, 0.1) is 11.3 Å². The van der Waals surface area contributed by atoms with Crippen molar-refractivity contribution in [2.24, 2.45) is 16.5 Å². The van der Waals surface area contributed by atoms with E-state index < -0.39 is 11.4 Å². The standard InChI is InChI=1S/C26H31NO4/c1-25-13-7-14-26(2,24(28)29)23(25)17-22(27-30)20-12-11-19(16-21(20)25)31-15-6-10-18-8-4-3-5-9-18/h3-5,8-9,11-12,16,23,30H,6-7,10,13-15,17H2,1-2H3,(H,28,29)/b27-22+/t23-,25-,26+/m1/s1. The molecule has 2 aromatic rings. The first-order valence-electron chi connectivity index (χ1n) is 11.1. The Bertz CT molecular complexity index is 986. The number of oxime groups is 1. The van der Waals surface area contributed by atoms with E-state index in [0.29, 0.717) is 25.2 Å². The van der Waals surface area contributed by atoms with Gasteiger partial charge in [-0.3, -0.25) is 4.79 Å². The second-order valence-electron chi connectivity index (χ2n) is 9.44. The average Bonchev–Trinajstić information content (AvgIpc) is 2.77. The molecule has 164 valence electrons. The summed E-state index contributed by atoms with van der Waals surface area (Å²) < 4.78 is 6.07. The summed E-state index contributed by atoms with van der Waals surface area (Å²) in [5.74, 6) is -0.107. The quantitative estimate of drug-likeness (QED) is 0.370. The van der Waals surface area contributed by atoms with E-state index >= 15 is 0 Å². The third kappa shape index (κ3) is 3.82. The van der Waals surface area contributed by atoms with Crippen LogP contribution in [0.5, 0.6) is 5.75 Å². The summed E-state index contributed by atoms with van der Waals surface area (Å²) in [5, 5.41) is 23.3. The maximum absolute atomic E-state index is 12.2. The molecule has 1 saturated carbocycles. The summed E-state index contributed by atoms with van der Waals surface area (Å²) in [4.78, 5) is 12.2. The van der Waals surface area contributed by atoms with Crippen LogP contribution in [0.4, 0.5) is 0 Å². The van der Waals surface area contributed by atoms with Gasteiger partial charge in [0.1, 0.15) is 5.75 Å². The fourth-order valence-electron chi connectivity index (χ4n) is 5.75. The fourth-order valence-corrected chi connectivity index (χ4v) is 5.75. The van der Waals surface area contributed by atoms with Crippen molar-refractivity contribution >= 4 is 11.7 Å². The molecule has 4 rings (SSSR count). The van der Waals surface area contributed by atoms with E-state index in [4.69, 9.17) is 4.74 Å². The zero-order valence-corrected chi connectivity index (χ0v) is 18.3. The van der Waals surface area contributed by atoms with Crippen LogP contribution in [-0.2, 0) is 16.6 Å². The van der Waals surface area contributed by atoms with E-state index in [-0.39, 0.29) is 11.3 Å². The number of carboxylic acids is 1. The molecular formula is C26H31NO4. The maximum atomic E-state index is 12.2. The molecule has 0 radical (unpaired) electrons. The number of ether oxygens (including phenoxy) is 1. The molecule has 31 heavy (non-hydrogen) atoms. The van der Waals surface area contributed by atoms with E-state index in [1.165, 1.54) is 5.56 Å². The van der Waals surface area contributed by atoms with Crippen molar-refractivity contribution in [3.63, 3.8) is 0 Å². The van der Waals surface area contributed by atoms with Crippen molar-refractivity contribution in [3.05, 3.63) is 65.2 Å². The third-order valence-corrected chi connectivity index (χ3v) is 7.58. The Hall–Kier alpha value is -2.82. The predicted molar refractivity (Wildman–Crippen MR) is 120 cm³/mol. The molecule has 0 bridgehead atoms. The van der Waals surface area contributed by atoms with Gasteiger partial charge in [0, 0.05) is 5.56 Å². The molecular weight excluding hydrogens is 390 g/mol. The molecule has 0 saturated heterocycles. The zero-order chi connectivity index (χ0) is 22.1. The number of rotatable bonds is 6. The minimum Gasteiger partial charge on any atom is -0.494 e. The number of carbonyl (C=O) groups is 1. The number of hydrogen-bond acceptors (Lipinski definition) is 4. The molecule has 5 nitrogen and oxygen atoms in total. The van der Waals surface area contributed by atoms with Gasteiger partial charge in [-0.25, -0.2) is 0 Å². The Labute approximate surface area is 183 Å². The zero-order valence-electron chi connectivity index (χ0n) is 18.3. The SMILES string of the molecule is C[C@]1(C(=O)O)CCC[C@]2(C)c3cc(OCCCc4ccccc4)ccc3/C(=N/O)C[C@@H]12. The first-order valence-corrected chi connectivity index (χ1v) is 11.1. The monoisotopic (exact) mass is 421 g/mol. The number of nitrogens with zero attached hydrogens (tertiary/aromatic N) is 1. The van der Waals surface area contributed by atoms with Crippen molar-refractivity contribution in [1.82, 2.24) is 0 Å². The van der Waals surface area contributed by atoms with Gasteiger partial charge in [-0.15, -0.1) is 0 Å². The number of aryl methyl sites for hydroxylation is 1. The molecule has 1 fully saturated rings. The maximum Gasteiger partial charge on any atom is 0.309 e. The van der Waals surface area contributed by atoms with E-state index in [2.05, 4.69) is 24.2 Å². The summed E-state index contributed by atoms with van der Waals surface area (Å²) in [6.45, 7) is 4.63. The number of carboxylic acid groups (broad SMARTS) is 1. The lowest BCUT2D eigenvalue weighted by Gasteiger charge is -2.53. The lowest BCUT2D eigenvalue weighted by Crippen LogP contribution is -2.53. The van der Waals surface area contributed by atoms with Crippen LogP contribution in [-0.4, -0.2) is 28.6 Å². The highest BCUT2D eigenvalue weighted by atomic mass is 16.5. The van der Waals surface area contributed by atoms with Gasteiger partial charge in [-0.2, -0.15) is 0 Å². The lowest BCUT2D eigenvalue weighted by atomic mass is 9.49. The minimum absolute atomic E-state index is 0.127. The first-order chi connectivity index (χ1) is 14.9. The first kappa shape index (κ1) is 21.4. The van der Waals surface area contributed by atoms with Crippen LogP contribution < -0.4 is 4.74 Å². The summed E-state index contributed by atoms with van der Waals surface area (Å²) in [6, 6.07) is 16.3. The van der Waals surface area contributed by atoms with Crippen LogP contribution in [0.3, 0.4) is 0 Å². The molecule has 2 aliphatic carbocycles. The van der Waals surface area contributed by atoms with Crippen molar-refractivity contribution < 1.29 is 19.8 Å². The molecule has 0 spiro atoms. The number of fused-ring (bicyclic) bond motifs is 3. The molecule has 0 unspecified atom stereocenters. The lowest BCUT2D eigenvalue weighted by molar-refractivity contribution is -0.156. The summed E-state index contributed by atoms with van der Waals surface area (Å²) >= 11 is 0. The second kappa shape index (κ2) is 8.37. The van der Waals surface area contributed by atoms with Gasteiger partial charge in [-0.1, -0.05) is 48.8 Å². The molecule has 2 aliphatic rings. The summed E-state index contributed by atoms with van der Waals surface area (Å²) in [6.07, 6.45) is 4.78. The predicted octanol–water partition coefficient (Wildman–Crippen LogP) is 5.43. The Morgan fingerprint density at radius 2 is 1.94 bits per heavy atom. The van der Waals surface area contributed by atoms with E-state index in [1.54, 1.807) is 0 Å².